The van der Waals surface area contributed by atoms with Gasteiger partial charge in [-0.1, -0.05) is 25.1 Å². The van der Waals surface area contributed by atoms with E-state index in [0.717, 1.165) is 6.42 Å². The van der Waals surface area contributed by atoms with E-state index in [1.165, 1.54) is 4.90 Å². The number of nitrogens with zero attached hydrogens (tertiary/aromatic N) is 1. The molecule has 0 aromatic heterocycles. The van der Waals surface area contributed by atoms with Gasteiger partial charge in [0.1, 0.15) is 0 Å². The average Bonchev–Trinajstić information content (AvgIpc) is 2.65. The van der Waals surface area contributed by atoms with E-state index in [9.17, 15) is 9.59 Å². The molecule has 1 aliphatic heterocycles. The number of rotatable bonds is 4. The van der Waals surface area contributed by atoms with E-state index in [-0.39, 0.29) is 30.3 Å². The summed E-state index contributed by atoms with van der Waals surface area (Å²) in [7, 11) is 0. The highest BCUT2D eigenvalue weighted by atomic mass is 16.2. The maximum atomic E-state index is 12.2. The van der Waals surface area contributed by atoms with Gasteiger partial charge in [0.15, 0.2) is 0 Å². The van der Waals surface area contributed by atoms with Crippen molar-refractivity contribution < 1.29 is 9.59 Å². The minimum Gasteiger partial charge on any atom is -0.303 e. The van der Waals surface area contributed by atoms with E-state index in [4.69, 9.17) is 0 Å². The van der Waals surface area contributed by atoms with Crippen LogP contribution in [-0.2, 0) is 9.59 Å². The van der Waals surface area contributed by atoms with Crippen LogP contribution in [0.2, 0.25) is 0 Å². The van der Waals surface area contributed by atoms with Gasteiger partial charge >= 0.3 is 0 Å². The molecule has 0 aliphatic carbocycles. The van der Waals surface area contributed by atoms with Crippen molar-refractivity contribution >= 4 is 17.5 Å². The summed E-state index contributed by atoms with van der Waals surface area (Å²) in [6.07, 6.45) is 1.18. The van der Waals surface area contributed by atoms with Gasteiger partial charge in [0.2, 0.25) is 5.91 Å². The lowest BCUT2D eigenvalue weighted by atomic mass is 10.2. The molecule has 4 nitrogen and oxygen atoms in total. The van der Waals surface area contributed by atoms with Crippen molar-refractivity contribution in [1.82, 2.24) is 5.32 Å². The van der Waals surface area contributed by atoms with Gasteiger partial charge in [-0.05, 0) is 25.5 Å². The number of anilines is 1. The van der Waals surface area contributed by atoms with Crippen LogP contribution in [0.1, 0.15) is 26.7 Å². The Morgan fingerprint density at radius 3 is 2.61 bits per heavy atom. The first kappa shape index (κ1) is 12.8. The minimum absolute atomic E-state index is 0.132. The summed E-state index contributed by atoms with van der Waals surface area (Å²) in [5, 5.41) is 3.20. The number of benzene rings is 1. The molecule has 0 saturated carbocycles. The van der Waals surface area contributed by atoms with Crippen LogP contribution < -0.4 is 10.2 Å². The van der Waals surface area contributed by atoms with E-state index >= 15 is 0 Å². The Kier molecular flexibility index (Phi) is 3.77. The predicted molar refractivity (Wildman–Crippen MR) is 70.2 cm³/mol. The molecule has 1 aromatic rings. The Bertz CT molecular complexity index is 444. The van der Waals surface area contributed by atoms with Gasteiger partial charge in [-0.25, -0.2) is 4.90 Å². The van der Waals surface area contributed by atoms with Gasteiger partial charge in [-0.3, -0.25) is 9.59 Å². The monoisotopic (exact) mass is 246 g/mol. The highest BCUT2D eigenvalue weighted by Gasteiger charge is 2.39. The van der Waals surface area contributed by atoms with E-state index in [2.05, 4.69) is 5.32 Å². The molecule has 1 N–H and O–H groups in total. The summed E-state index contributed by atoms with van der Waals surface area (Å²) in [5.74, 6) is -0.279. The van der Waals surface area contributed by atoms with Crippen molar-refractivity contribution in [3.63, 3.8) is 0 Å². The fourth-order valence-electron chi connectivity index (χ4n) is 2.07. The van der Waals surface area contributed by atoms with Crippen molar-refractivity contribution in [3.8, 4) is 0 Å². The van der Waals surface area contributed by atoms with Crippen LogP contribution in [0.25, 0.3) is 0 Å². The van der Waals surface area contributed by atoms with Crippen LogP contribution in [0.5, 0.6) is 0 Å². The van der Waals surface area contributed by atoms with E-state index < -0.39 is 0 Å². The largest absolute Gasteiger partial charge is 0.303 e. The van der Waals surface area contributed by atoms with Gasteiger partial charge in [-0.2, -0.15) is 0 Å². The molecule has 0 bridgehead atoms. The quantitative estimate of drug-likeness (QED) is 0.823. The molecule has 4 heteroatoms. The maximum Gasteiger partial charge on any atom is 0.251 e. The van der Waals surface area contributed by atoms with Gasteiger partial charge in [-0.15, -0.1) is 0 Å². The van der Waals surface area contributed by atoms with Gasteiger partial charge in [0, 0.05) is 6.04 Å². The third kappa shape index (κ3) is 2.43. The minimum atomic E-state index is -0.382. The lowest BCUT2D eigenvalue weighted by Gasteiger charge is -2.18. The molecule has 0 radical (unpaired) electrons. The van der Waals surface area contributed by atoms with E-state index in [1.54, 1.807) is 12.1 Å². The molecule has 1 aliphatic rings. The highest BCUT2D eigenvalue weighted by molar-refractivity contribution is 6.22. The second-order valence-corrected chi connectivity index (χ2v) is 4.64. The summed E-state index contributed by atoms with van der Waals surface area (Å²) in [5.41, 5.74) is 0.654. The fraction of sp³-hybridized carbons (Fsp3) is 0.429. The molecule has 0 spiro atoms. The molecule has 96 valence electrons. The molecule has 18 heavy (non-hydrogen) atoms. The third-order valence-corrected chi connectivity index (χ3v) is 3.26. The molecule has 1 aromatic carbocycles. The Labute approximate surface area is 107 Å². The van der Waals surface area contributed by atoms with Crippen LogP contribution in [-0.4, -0.2) is 23.9 Å². The van der Waals surface area contributed by atoms with Crippen molar-refractivity contribution in [2.24, 2.45) is 0 Å². The van der Waals surface area contributed by atoms with Crippen molar-refractivity contribution in [2.45, 2.75) is 38.8 Å². The smallest absolute Gasteiger partial charge is 0.251 e. The Hall–Kier alpha value is -1.68. The van der Waals surface area contributed by atoms with E-state index in [1.807, 2.05) is 32.0 Å². The summed E-state index contributed by atoms with van der Waals surface area (Å²) in [6.45, 7) is 4.07. The zero-order valence-corrected chi connectivity index (χ0v) is 10.7. The number of imide groups is 1. The topological polar surface area (TPSA) is 49.4 Å². The van der Waals surface area contributed by atoms with Gasteiger partial charge in [0.25, 0.3) is 5.91 Å². The Morgan fingerprint density at radius 1 is 1.33 bits per heavy atom. The molecule has 2 amide bonds. The second-order valence-electron chi connectivity index (χ2n) is 4.64. The number of para-hydroxylation sites is 1. The summed E-state index contributed by atoms with van der Waals surface area (Å²) in [6, 6.07) is 8.93. The average molecular weight is 246 g/mol. The third-order valence-electron chi connectivity index (χ3n) is 3.26. The normalized spacial score (nSPS) is 21.4. The van der Waals surface area contributed by atoms with Crippen molar-refractivity contribution in [2.75, 3.05) is 4.90 Å². The summed E-state index contributed by atoms with van der Waals surface area (Å²) in [4.78, 5) is 25.4. The number of amides is 2. The zero-order valence-electron chi connectivity index (χ0n) is 10.7. The summed E-state index contributed by atoms with van der Waals surface area (Å²) >= 11 is 0. The molecule has 2 unspecified atom stereocenters. The van der Waals surface area contributed by atoms with Crippen LogP contribution in [0.4, 0.5) is 5.69 Å². The predicted octanol–water partition coefficient (Wildman–Crippen LogP) is 1.71. The first-order chi connectivity index (χ1) is 8.63. The maximum absolute atomic E-state index is 12.2. The Balaban J connectivity index is 2.15. The lowest BCUT2D eigenvalue weighted by molar-refractivity contribution is -0.121. The Morgan fingerprint density at radius 2 is 2.00 bits per heavy atom. The number of carbonyl (C=O) groups is 2. The molecule has 1 saturated heterocycles. The van der Waals surface area contributed by atoms with Crippen LogP contribution in [0.15, 0.2) is 30.3 Å². The van der Waals surface area contributed by atoms with Gasteiger partial charge < -0.3 is 5.32 Å². The zero-order chi connectivity index (χ0) is 13.1. The molecule has 2 atom stereocenters. The molecule has 1 heterocycles. The summed E-state index contributed by atoms with van der Waals surface area (Å²) < 4.78 is 0. The second kappa shape index (κ2) is 5.31. The number of hydrogen-bond acceptors (Lipinski definition) is 3. The number of nitrogens with one attached hydrogen (secondary N) is 1. The van der Waals surface area contributed by atoms with Crippen LogP contribution in [0, 0.1) is 0 Å². The van der Waals surface area contributed by atoms with E-state index in [0.29, 0.717) is 5.69 Å². The molecular formula is C14H18N2O2. The highest BCUT2D eigenvalue weighted by Crippen LogP contribution is 2.22. The first-order valence-corrected chi connectivity index (χ1v) is 6.31. The fourth-order valence-corrected chi connectivity index (χ4v) is 2.07. The first-order valence-electron chi connectivity index (χ1n) is 6.31. The SMILES string of the molecule is CCC(C)NC1CC(=O)N(c2ccccc2)C1=O. The number of carbonyl (C=O) groups excluding carboxylic acids is 2. The molecular weight excluding hydrogens is 228 g/mol. The van der Waals surface area contributed by atoms with Crippen LogP contribution in [0.3, 0.4) is 0 Å². The van der Waals surface area contributed by atoms with Crippen molar-refractivity contribution in [3.05, 3.63) is 30.3 Å². The van der Waals surface area contributed by atoms with Gasteiger partial charge in [0.05, 0.1) is 18.2 Å². The lowest BCUT2D eigenvalue weighted by Crippen LogP contribution is -2.42. The van der Waals surface area contributed by atoms with Crippen molar-refractivity contribution in [1.29, 1.82) is 0 Å². The molecule has 1 fully saturated rings. The number of hydrogen-bond donors (Lipinski definition) is 1. The standard InChI is InChI=1S/C14H18N2O2/c1-3-10(2)15-12-9-13(17)16(14(12)18)11-7-5-4-6-8-11/h4-8,10,12,15H,3,9H2,1-2H3. The molecule has 2 rings (SSSR count). The van der Waals surface area contributed by atoms with Crippen LogP contribution >= 0.6 is 0 Å².